The Morgan fingerprint density at radius 3 is 2.89 bits per heavy atom. The van der Waals surface area contributed by atoms with E-state index in [2.05, 4.69) is 6.58 Å². The van der Waals surface area contributed by atoms with E-state index in [-0.39, 0.29) is 19.1 Å². The first-order valence-corrected chi connectivity index (χ1v) is 5.58. The van der Waals surface area contributed by atoms with Gasteiger partial charge in [-0.25, -0.2) is 0 Å². The molecule has 1 rings (SSSR count). The lowest BCUT2D eigenvalue weighted by Gasteiger charge is -2.21. The van der Waals surface area contributed by atoms with E-state index in [0.717, 1.165) is 0 Å². The van der Waals surface area contributed by atoms with Gasteiger partial charge in [-0.3, -0.25) is 4.79 Å². The maximum atomic E-state index is 12.3. The minimum atomic E-state index is -0.221. The standard InChI is InChI=1S/C13H18N2O3/c1-3-6-15(7-8-16)13(17)11-5-4-10(14)9-12(11)18-2/h3-5,9,16H,1,6-8,14H2,2H3. The number of benzene rings is 1. The van der Waals surface area contributed by atoms with Crippen molar-refractivity contribution in [3.63, 3.8) is 0 Å². The normalized spacial score (nSPS) is 9.89. The summed E-state index contributed by atoms with van der Waals surface area (Å²) in [5.74, 6) is 0.202. The van der Waals surface area contributed by atoms with Crippen molar-refractivity contribution in [3.8, 4) is 5.75 Å². The lowest BCUT2D eigenvalue weighted by atomic mass is 10.1. The zero-order valence-corrected chi connectivity index (χ0v) is 10.4. The van der Waals surface area contributed by atoms with Gasteiger partial charge in [-0.2, -0.15) is 0 Å². The molecule has 0 atom stereocenters. The maximum absolute atomic E-state index is 12.3. The monoisotopic (exact) mass is 250 g/mol. The Bertz CT molecular complexity index is 432. The molecular weight excluding hydrogens is 232 g/mol. The molecule has 0 saturated carbocycles. The largest absolute Gasteiger partial charge is 0.496 e. The number of anilines is 1. The zero-order valence-electron chi connectivity index (χ0n) is 10.4. The number of hydrogen-bond donors (Lipinski definition) is 2. The van der Waals surface area contributed by atoms with E-state index in [4.69, 9.17) is 15.6 Å². The van der Waals surface area contributed by atoms with Gasteiger partial charge in [-0.15, -0.1) is 6.58 Å². The van der Waals surface area contributed by atoms with E-state index in [9.17, 15) is 4.79 Å². The number of carbonyl (C=O) groups is 1. The molecule has 0 unspecified atom stereocenters. The van der Waals surface area contributed by atoms with E-state index < -0.39 is 0 Å². The number of nitrogens with two attached hydrogens (primary N) is 1. The van der Waals surface area contributed by atoms with Crippen LogP contribution in [0, 0.1) is 0 Å². The van der Waals surface area contributed by atoms with Crippen molar-refractivity contribution in [2.24, 2.45) is 0 Å². The van der Waals surface area contributed by atoms with Crippen LogP contribution in [0.15, 0.2) is 30.9 Å². The summed E-state index contributed by atoms with van der Waals surface area (Å²) < 4.78 is 5.14. The number of nitrogen functional groups attached to an aromatic ring is 1. The second-order valence-corrected chi connectivity index (χ2v) is 3.72. The van der Waals surface area contributed by atoms with Gasteiger partial charge in [0, 0.05) is 24.8 Å². The summed E-state index contributed by atoms with van der Waals surface area (Å²) in [5.41, 5.74) is 6.58. The van der Waals surface area contributed by atoms with Gasteiger partial charge < -0.3 is 20.5 Å². The number of amides is 1. The number of hydrogen-bond acceptors (Lipinski definition) is 4. The highest BCUT2D eigenvalue weighted by Crippen LogP contribution is 2.22. The van der Waals surface area contributed by atoms with Crippen molar-refractivity contribution < 1.29 is 14.6 Å². The predicted octanol–water partition coefficient (Wildman–Crippen LogP) is 0.898. The molecular formula is C13H18N2O3. The molecule has 5 heteroatoms. The fraction of sp³-hybridized carbons (Fsp3) is 0.308. The SMILES string of the molecule is C=CCN(CCO)C(=O)c1ccc(N)cc1OC. The van der Waals surface area contributed by atoms with Gasteiger partial charge in [0.1, 0.15) is 5.75 Å². The summed E-state index contributed by atoms with van der Waals surface area (Å²) in [5, 5.41) is 8.95. The number of carbonyl (C=O) groups excluding carboxylic acids is 1. The molecule has 0 aliphatic carbocycles. The van der Waals surface area contributed by atoms with Crippen molar-refractivity contribution in [2.45, 2.75) is 0 Å². The molecule has 0 aliphatic rings. The molecule has 1 aromatic carbocycles. The van der Waals surface area contributed by atoms with Gasteiger partial charge in [0.2, 0.25) is 0 Å². The molecule has 0 radical (unpaired) electrons. The summed E-state index contributed by atoms with van der Waals surface area (Å²) in [7, 11) is 1.48. The first-order valence-electron chi connectivity index (χ1n) is 5.58. The molecule has 98 valence electrons. The summed E-state index contributed by atoms with van der Waals surface area (Å²) in [6.45, 7) is 4.10. The van der Waals surface area contributed by atoms with Crippen molar-refractivity contribution >= 4 is 11.6 Å². The average molecular weight is 250 g/mol. The number of aliphatic hydroxyl groups is 1. The molecule has 0 aliphatic heterocycles. The number of ether oxygens (including phenoxy) is 1. The summed E-state index contributed by atoms with van der Waals surface area (Å²) in [6, 6.07) is 4.85. The fourth-order valence-electron chi connectivity index (χ4n) is 1.61. The molecule has 5 nitrogen and oxygen atoms in total. The van der Waals surface area contributed by atoms with E-state index in [1.165, 1.54) is 12.0 Å². The summed E-state index contributed by atoms with van der Waals surface area (Å²) >= 11 is 0. The summed E-state index contributed by atoms with van der Waals surface area (Å²) in [4.78, 5) is 13.7. The van der Waals surface area contributed by atoms with Gasteiger partial charge in [-0.05, 0) is 12.1 Å². The smallest absolute Gasteiger partial charge is 0.257 e. The molecule has 1 aromatic rings. The van der Waals surface area contributed by atoms with E-state index in [1.807, 2.05) is 0 Å². The highest BCUT2D eigenvalue weighted by Gasteiger charge is 2.18. The molecule has 0 saturated heterocycles. The highest BCUT2D eigenvalue weighted by molar-refractivity contribution is 5.97. The third kappa shape index (κ3) is 3.24. The number of rotatable bonds is 6. The lowest BCUT2D eigenvalue weighted by Crippen LogP contribution is -2.33. The number of methoxy groups -OCH3 is 1. The molecule has 0 aromatic heterocycles. The van der Waals surface area contributed by atoms with Crippen LogP contribution in [0.2, 0.25) is 0 Å². The minimum absolute atomic E-state index is 0.100. The highest BCUT2D eigenvalue weighted by atomic mass is 16.5. The zero-order chi connectivity index (χ0) is 13.5. The Hall–Kier alpha value is -2.01. The van der Waals surface area contributed by atoms with E-state index in [1.54, 1.807) is 24.3 Å². The third-order valence-electron chi connectivity index (χ3n) is 2.46. The molecule has 0 bridgehead atoms. The molecule has 0 fully saturated rings. The van der Waals surface area contributed by atoms with Gasteiger partial charge in [0.15, 0.2) is 0 Å². The summed E-state index contributed by atoms with van der Waals surface area (Å²) in [6.07, 6.45) is 1.61. The van der Waals surface area contributed by atoms with Crippen LogP contribution in [0.3, 0.4) is 0 Å². The van der Waals surface area contributed by atoms with Gasteiger partial charge >= 0.3 is 0 Å². The Labute approximate surface area is 106 Å². The molecule has 18 heavy (non-hydrogen) atoms. The predicted molar refractivity (Wildman–Crippen MR) is 70.6 cm³/mol. The van der Waals surface area contributed by atoms with Crippen molar-refractivity contribution in [1.82, 2.24) is 4.90 Å². The molecule has 1 amide bonds. The van der Waals surface area contributed by atoms with Gasteiger partial charge in [0.05, 0.1) is 19.3 Å². The van der Waals surface area contributed by atoms with Gasteiger partial charge in [-0.1, -0.05) is 6.08 Å². The first kappa shape index (κ1) is 14.1. The van der Waals surface area contributed by atoms with Crippen LogP contribution in [-0.4, -0.2) is 42.7 Å². The second-order valence-electron chi connectivity index (χ2n) is 3.72. The quantitative estimate of drug-likeness (QED) is 0.581. The number of aliphatic hydroxyl groups excluding tert-OH is 1. The topological polar surface area (TPSA) is 75.8 Å². The molecule has 0 spiro atoms. The van der Waals surface area contributed by atoms with Crippen LogP contribution in [0.1, 0.15) is 10.4 Å². The van der Waals surface area contributed by atoms with Crippen molar-refractivity contribution in [2.75, 3.05) is 32.5 Å². The molecule has 3 N–H and O–H groups in total. The van der Waals surface area contributed by atoms with Crippen molar-refractivity contribution in [3.05, 3.63) is 36.4 Å². The Kier molecular flexibility index (Phi) is 5.20. The van der Waals surface area contributed by atoms with Crippen LogP contribution in [0.5, 0.6) is 5.75 Å². The van der Waals surface area contributed by atoms with Crippen LogP contribution >= 0.6 is 0 Å². The Balaban J connectivity index is 3.03. The van der Waals surface area contributed by atoms with E-state index >= 15 is 0 Å². The minimum Gasteiger partial charge on any atom is -0.496 e. The number of nitrogens with zero attached hydrogens (tertiary/aromatic N) is 1. The van der Waals surface area contributed by atoms with Gasteiger partial charge in [0.25, 0.3) is 5.91 Å². The first-order chi connectivity index (χ1) is 8.63. The average Bonchev–Trinajstić information content (AvgIpc) is 2.37. The Morgan fingerprint density at radius 2 is 2.33 bits per heavy atom. The van der Waals surface area contributed by atoms with Crippen LogP contribution < -0.4 is 10.5 Å². The fourth-order valence-corrected chi connectivity index (χ4v) is 1.61. The second kappa shape index (κ2) is 6.66. The Morgan fingerprint density at radius 1 is 1.61 bits per heavy atom. The van der Waals surface area contributed by atoms with E-state index in [0.29, 0.717) is 23.5 Å². The third-order valence-corrected chi connectivity index (χ3v) is 2.46. The van der Waals surface area contributed by atoms with Crippen LogP contribution in [0.4, 0.5) is 5.69 Å². The maximum Gasteiger partial charge on any atom is 0.257 e. The van der Waals surface area contributed by atoms with Crippen molar-refractivity contribution in [1.29, 1.82) is 0 Å². The van der Waals surface area contributed by atoms with Crippen LogP contribution in [0.25, 0.3) is 0 Å². The lowest BCUT2D eigenvalue weighted by molar-refractivity contribution is 0.0739. The molecule has 0 heterocycles. The van der Waals surface area contributed by atoms with Crippen LogP contribution in [-0.2, 0) is 0 Å².